The van der Waals surface area contributed by atoms with E-state index in [1.165, 1.54) is 24.3 Å². The van der Waals surface area contributed by atoms with Crippen LogP contribution in [0.4, 0.5) is 9.18 Å². The number of carboxylic acid groups (broad SMARTS) is 1. The molecule has 1 aliphatic carbocycles. The second-order valence-corrected chi connectivity index (χ2v) is 8.43. The molecule has 2 aromatic rings. The van der Waals surface area contributed by atoms with Crippen LogP contribution in [0.1, 0.15) is 42.1 Å². The Morgan fingerprint density at radius 3 is 2.56 bits per heavy atom. The molecule has 0 saturated heterocycles. The van der Waals surface area contributed by atoms with E-state index in [0.29, 0.717) is 11.7 Å². The van der Waals surface area contributed by atoms with E-state index in [1.54, 1.807) is 41.4 Å². The highest BCUT2D eigenvalue weighted by Crippen LogP contribution is 2.41. The van der Waals surface area contributed by atoms with Crippen molar-refractivity contribution in [2.75, 3.05) is 0 Å². The number of aromatic carboxylic acids is 1. The molecule has 1 unspecified atom stereocenters. The van der Waals surface area contributed by atoms with Gasteiger partial charge in [-0.3, -0.25) is 4.90 Å². The quantitative estimate of drug-likeness (QED) is 0.634. The van der Waals surface area contributed by atoms with E-state index in [9.17, 15) is 14.0 Å². The molecule has 0 radical (unpaired) electrons. The van der Waals surface area contributed by atoms with Crippen LogP contribution in [0.25, 0.3) is 0 Å². The molecule has 32 heavy (non-hydrogen) atoms. The van der Waals surface area contributed by atoms with Gasteiger partial charge in [-0.05, 0) is 55.2 Å². The summed E-state index contributed by atoms with van der Waals surface area (Å²) in [4.78, 5) is 25.8. The summed E-state index contributed by atoms with van der Waals surface area (Å²) in [6, 6.07) is 12.2. The normalized spacial score (nSPS) is 19.9. The number of para-hydroxylation sites is 1. The summed E-state index contributed by atoms with van der Waals surface area (Å²) in [7, 11) is 0. The molecule has 1 atom stereocenters. The van der Waals surface area contributed by atoms with Gasteiger partial charge in [0.25, 0.3) is 0 Å². The van der Waals surface area contributed by atoms with E-state index in [1.807, 2.05) is 13.0 Å². The van der Waals surface area contributed by atoms with Gasteiger partial charge in [-0.2, -0.15) is 0 Å². The van der Waals surface area contributed by atoms with Crippen LogP contribution < -0.4 is 10.1 Å². The average Bonchev–Trinajstić information content (AvgIpc) is 3.59. The van der Waals surface area contributed by atoms with Gasteiger partial charge in [0.2, 0.25) is 0 Å². The van der Waals surface area contributed by atoms with Gasteiger partial charge in [-0.1, -0.05) is 43.2 Å². The zero-order chi connectivity index (χ0) is 22.7. The lowest BCUT2D eigenvalue weighted by Gasteiger charge is -2.39. The van der Waals surface area contributed by atoms with Crippen LogP contribution >= 0.6 is 0 Å². The third kappa shape index (κ3) is 4.99. The van der Waals surface area contributed by atoms with Crippen LogP contribution in [0.3, 0.4) is 0 Å². The molecule has 1 heterocycles. The summed E-state index contributed by atoms with van der Waals surface area (Å²) in [5.74, 6) is -0.443. The van der Waals surface area contributed by atoms with Gasteiger partial charge in [-0.25, -0.2) is 14.0 Å². The van der Waals surface area contributed by atoms with Crippen molar-refractivity contribution in [1.29, 1.82) is 0 Å². The van der Waals surface area contributed by atoms with Crippen molar-refractivity contribution in [3.63, 3.8) is 0 Å². The predicted molar refractivity (Wildman–Crippen MR) is 117 cm³/mol. The van der Waals surface area contributed by atoms with E-state index in [-0.39, 0.29) is 23.9 Å². The monoisotopic (exact) mass is 436 g/mol. The van der Waals surface area contributed by atoms with Gasteiger partial charge in [0, 0.05) is 6.54 Å². The maximum atomic E-state index is 14.0. The molecule has 2 aromatic carbocycles. The molecule has 4 rings (SSSR count). The first-order valence-corrected chi connectivity index (χ1v) is 10.6. The molecule has 0 spiro atoms. The Hall–Kier alpha value is -3.61. The van der Waals surface area contributed by atoms with Crippen LogP contribution in [-0.4, -0.2) is 27.5 Å². The fourth-order valence-electron chi connectivity index (χ4n) is 3.77. The molecule has 2 aliphatic rings. The molecular weight excluding hydrogens is 411 g/mol. The number of rotatable bonds is 7. The number of hydrogen-bond donors (Lipinski definition) is 2. The van der Waals surface area contributed by atoms with Crippen LogP contribution in [0, 0.1) is 11.7 Å². The highest BCUT2D eigenvalue weighted by Gasteiger charge is 2.39. The maximum absolute atomic E-state index is 14.0. The lowest BCUT2D eigenvalue weighted by Crippen LogP contribution is -2.51. The van der Waals surface area contributed by atoms with Crippen LogP contribution in [0.2, 0.25) is 0 Å². The largest absolute Gasteiger partial charge is 0.478 e. The maximum Gasteiger partial charge on any atom is 0.335 e. The van der Waals surface area contributed by atoms with Crippen LogP contribution in [0.15, 0.2) is 72.6 Å². The second kappa shape index (κ2) is 8.86. The highest BCUT2D eigenvalue weighted by atomic mass is 19.1. The molecular formula is C25H25FN2O4. The number of ether oxygens (including phenoxy) is 1. The first-order valence-electron chi connectivity index (χ1n) is 10.6. The summed E-state index contributed by atoms with van der Waals surface area (Å²) in [6.45, 7) is 2.25. The van der Waals surface area contributed by atoms with E-state index in [0.717, 1.165) is 24.8 Å². The average molecular weight is 436 g/mol. The summed E-state index contributed by atoms with van der Waals surface area (Å²) in [5, 5.41) is 11.9. The van der Waals surface area contributed by atoms with Crippen molar-refractivity contribution in [2.24, 2.45) is 5.92 Å². The minimum atomic E-state index is -0.996. The summed E-state index contributed by atoms with van der Waals surface area (Å²) in [6.07, 6.45) is 8.45. The standard InChI is InChI=1S/C25H25FN2O4/c1-25(14-17-6-7-17)13-12-20(32-22-5-3-2-4-21(22)26)16-28(25)24(31)27-15-18-8-10-19(11-9-18)23(29)30/h2-5,8-13,16-17H,6-7,14-15H2,1H3,(H,27,31)(H,29,30). The van der Waals surface area contributed by atoms with E-state index < -0.39 is 17.3 Å². The molecule has 166 valence electrons. The summed E-state index contributed by atoms with van der Waals surface area (Å²) in [5.41, 5.74) is 0.447. The van der Waals surface area contributed by atoms with Crippen molar-refractivity contribution in [2.45, 2.75) is 38.3 Å². The lowest BCUT2D eigenvalue weighted by molar-refractivity contribution is 0.0696. The predicted octanol–water partition coefficient (Wildman–Crippen LogP) is 5.08. The number of urea groups is 1. The fourth-order valence-corrected chi connectivity index (χ4v) is 3.77. The van der Waals surface area contributed by atoms with Gasteiger partial charge >= 0.3 is 12.0 Å². The Morgan fingerprint density at radius 1 is 1.19 bits per heavy atom. The van der Waals surface area contributed by atoms with Crippen molar-refractivity contribution >= 4 is 12.0 Å². The Morgan fingerprint density at radius 2 is 1.91 bits per heavy atom. The number of amides is 2. The van der Waals surface area contributed by atoms with E-state index in [4.69, 9.17) is 9.84 Å². The summed E-state index contributed by atoms with van der Waals surface area (Å²) < 4.78 is 19.7. The van der Waals surface area contributed by atoms with E-state index in [2.05, 4.69) is 5.32 Å². The zero-order valence-corrected chi connectivity index (χ0v) is 17.8. The number of halogens is 1. The molecule has 0 bridgehead atoms. The zero-order valence-electron chi connectivity index (χ0n) is 17.8. The SMILES string of the molecule is CC1(CC2CC2)C=CC(Oc2ccccc2F)=CN1C(=O)NCc1ccc(C(=O)O)cc1. The lowest BCUT2D eigenvalue weighted by atomic mass is 9.90. The number of hydrogen-bond acceptors (Lipinski definition) is 3. The van der Waals surface area contributed by atoms with Gasteiger partial charge in [0.05, 0.1) is 17.3 Å². The van der Waals surface area contributed by atoms with E-state index >= 15 is 0 Å². The van der Waals surface area contributed by atoms with Gasteiger partial charge in [-0.15, -0.1) is 0 Å². The number of nitrogens with zero attached hydrogens (tertiary/aromatic N) is 1. The smallest absolute Gasteiger partial charge is 0.335 e. The summed E-state index contributed by atoms with van der Waals surface area (Å²) >= 11 is 0. The van der Waals surface area contributed by atoms with Crippen LogP contribution in [-0.2, 0) is 6.54 Å². The topological polar surface area (TPSA) is 78.9 Å². The number of allylic oxidation sites excluding steroid dienone is 1. The van der Waals surface area contributed by atoms with Crippen molar-refractivity contribution in [1.82, 2.24) is 10.2 Å². The highest BCUT2D eigenvalue weighted by molar-refractivity contribution is 5.87. The molecule has 0 aromatic heterocycles. The Kier molecular flexibility index (Phi) is 5.99. The third-order valence-corrected chi connectivity index (χ3v) is 5.74. The van der Waals surface area contributed by atoms with Crippen molar-refractivity contribution < 1.29 is 23.8 Å². The third-order valence-electron chi connectivity index (χ3n) is 5.74. The molecule has 1 saturated carbocycles. The molecule has 2 N–H and O–H groups in total. The first-order chi connectivity index (χ1) is 15.3. The number of carbonyl (C=O) groups excluding carboxylic acids is 1. The van der Waals surface area contributed by atoms with Gasteiger partial charge in [0.1, 0.15) is 5.76 Å². The number of carboxylic acids is 1. The second-order valence-electron chi connectivity index (χ2n) is 8.43. The minimum absolute atomic E-state index is 0.0908. The molecule has 6 nitrogen and oxygen atoms in total. The number of carbonyl (C=O) groups is 2. The first kappa shape index (κ1) is 21.6. The molecule has 7 heteroatoms. The van der Waals surface area contributed by atoms with Crippen LogP contribution in [0.5, 0.6) is 5.75 Å². The van der Waals surface area contributed by atoms with Crippen molar-refractivity contribution in [3.8, 4) is 5.75 Å². The molecule has 2 amide bonds. The van der Waals surface area contributed by atoms with Gasteiger partial charge < -0.3 is 15.2 Å². The fraction of sp³-hybridized carbons (Fsp3) is 0.280. The Bertz CT molecular complexity index is 1080. The molecule has 1 aliphatic heterocycles. The number of nitrogens with one attached hydrogen (secondary N) is 1. The number of benzene rings is 2. The van der Waals surface area contributed by atoms with Gasteiger partial charge in [0.15, 0.2) is 11.6 Å². The molecule has 1 fully saturated rings. The van der Waals surface area contributed by atoms with Crippen molar-refractivity contribution in [3.05, 3.63) is 89.6 Å². The Balaban J connectivity index is 1.50. The minimum Gasteiger partial charge on any atom is -0.478 e. The Labute approximate surface area is 186 Å².